The highest BCUT2D eigenvalue weighted by Gasteiger charge is 2.30. The van der Waals surface area contributed by atoms with E-state index in [0.29, 0.717) is 25.6 Å². The van der Waals surface area contributed by atoms with Gasteiger partial charge in [0.25, 0.3) is 0 Å². The molecule has 1 fully saturated rings. The third-order valence-electron chi connectivity index (χ3n) is 4.19. The molecule has 1 N–H and O–H groups in total. The smallest absolute Gasteiger partial charge is 0.317 e. The lowest BCUT2D eigenvalue weighted by molar-refractivity contribution is 0.172. The minimum Gasteiger partial charge on any atom is -0.338 e. The number of hydrogen-bond donors (Lipinski definition) is 1. The predicted octanol–water partition coefficient (Wildman–Crippen LogP) is 2.28. The Morgan fingerprint density at radius 1 is 1.24 bits per heavy atom. The summed E-state index contributed by atoms with van der Waals surface area (Å²) in [7, 11) is -3.73. The van der Waals surface area contributed by atoms with Crippen molar-refractivity contribution in [1.82, 2.24) is 14.5 Å². The fraction of sp³-hybridized carbons (Fsp3) is 0.588. The van der Waals surface area contributed by atoms with Crippen LogP contribution in [0.5, 0.6) is 0 Å². The van der Waals surface area contributed by atoms with Gasteiger partial charge in [0.15, 0.2) is 0 Å². The van der Waals surface area contributed by atoms with Gasteiger partial charge in [0.2, 0.25) is 10.0 Å². The third kappa shape index (κ3) is 5.40. The molecule has 2 amide bonds. The number of halogens is 1. The summed E-state index contributed by atoms with van der Waals surface area (Å²) in [5, 5.41) is 2.87. The van der Waals surface area contributed by atoms with E-state index >= 15 is 0 Å². The molecule has 1 heterocycles. The highest BCUT2D eigenvalue weighted by atomic mass is 32.2. The van der Waals surface area contributed by atoms with E-state index in [1.54, 1.807) is 4.90 Å². The molecule has 1 aromatic carbocycles. The lowest BCUT2D eigenvalue weighted by atomic mass is 10.1. The molecular weight excluding hydrogens is 345 g/mol. The summed E-state index contributed by atoms with van der Waals surface area (Å²) < 4.78 is 39.6. The zero-order valence-electron chi connectivity index (χ0n) is 14.7. The maximum atomic E-state index is 13.3. The third-order valence-corrected chi connectivity index (χ3v) is 6.09. The lowest BCUT2D eigenvalue weighted by Gasteiger charge is -2.34. The van der Waals surface area contributed by atoms with Crippen LogP contribution in [0.25, 0.3) is 0 Å². The number of sulfonamides is 1. The first-order chi connectivity index (χ1) is 11.8. The maximum absolute atomic E-state index is 13.3. The fourth-order valence-corrected chi connectivity index (χ4v) is 4.18. The molecule has 1 saturated heterocycles. The Bertz CT molecular complexity index is 686. The second kappa shape index (κ2) is 8.62. The van der Waals surface area contributed by atoms with Gasteiger partial charge >= 0.3 is 6.03 Å². The normalized spacial score (nSPS) is 16.2. The van der Waals surface area contributed by atoms with E-state index in [4.69, 9.17) is 0 Å². The molecule has 140 valence electrons. The maximum Gasteiger partial charge on any atom is 0.317 e. The summed E-state index contributed by atoms with van der Waals surface area (Å²) in [5.74, 6) is 0.0222. The average molecular weight is 371 g/mol. The Labute approximate surface area is 149 Å². The number of urea groups is 1. The Morgan fingerprint density at radius 2 is 1.92 bits per heavy atom. The lowest BCUT2D eigenvalue weighted by Crippen LogP contribution is -2.53. The monoisotopic (exact) mass is 371 g/mol. The standard InChI is InChI=1S/C17H26FN3O3S/c1-14(2)5-4-8-19-17(22)20-9-11-21(12-10-20)25(23,24)16-7-3-6-15(18)13-16/h3,6-7,13-14H,4-5,8-12H2,1-2H3,(H,19,22). The molecule has 1 aliphatic rings. The van der Waals surface area contributed by atoms with E-state index in [2.05, 4.69) is 19.2 Å². The van der Waals surface area contributed by atoms with Crippen molar-refractivity contribution in [3.63, 3.8) is 0 Å². The number of nitrogens with zero attached hydrogens (tertiary/aromatic N) is 2. The molecule has 0 bridgehead atoms. The van der Waals surface area contributed by atoms with Crippen LogP contribution in [-0.4, -0.2) is 56.4 Å². The van der Waals surface area contributed by atoms with Gasteiger partial charge in [0.05, 0.1) is 4.90 Å². The first-order valence-electron chi connectivity index (χ1n) is 8.59. The summed E-state index contributed by atoms with van der Waals surface area (Å²) in [5.41, 5.74) is 0. The van der Waals surface area contributed by atoms with Gasteiger partial charge in [-0.25, -0.2) is 17.6 Å². The molecule has 0 radical (unpaired) electrons. The molecule has 1 aliphatic heterocycles. The van der Waals surface area contributed by atoms with E-state index in [0.717, 1.165) is 18.9 Å². The second-order valence-electron chi connectivity index (χ2n) is 6.62. The van der Waals surface area contributed by atoms with Gasteiger partial charge in [-0.2, -0.15) is 4.31 Å². The largest absolute Gasteiger partial charge is 0.338 e. The first-order valence-corrected chi connectivity index (χ1v) is 10.0. The van der Waals surface area contributed by atoms with Gasteiger partial charge in [-0.3, -0.25) is 0 Å². The topological polar surface area (TPSA) is 69.7 Å². The predicted molar refractivity (Wildman–Crippen MR) is 94.2 cm³/mol. The van der Waals surface area contributed by atoms with Gasteiger partial charge in [0.1, 0.15) is 5.82 Å². The molecule has 0 spiro atoms. The zero-order valence-corrected chi connectivity index (χ0v) is 15.6. The number of carbonyl (C=O) groups is 1. The summed E-state index contributed by atoms with van der Waals surface area (Å²) in [6.07, 6.45) is 1.98. The minimum atomic E-state index is -3.73. The summed E-state index contributed by atoms with van der Waals surface area (Å²) in [6, 6.07) is 4.82. The van der Waals surface area contributed by atoms with Crippen molar-refractivity contribution in [1.29, 1.82) is 0 Å². The van der Waals surface area contributed by atoms with Gasteiger partial charge in [-0.1, -0.05) is 19.9 Å². The van der Waals surface area contributed by atoms with Crippen molar-refractivity contribution in [2.45, 2.75) is 31.6 Å². The molecule has 1 aromatic rings. The van der Waals surface area contributed by atoms with Crippen molar-refractivity contribution in [2.24, 2.45) is 5.92 Å². The molecule has 0 aliphatic carbocycles. The van der Waals surface area contributed by atoms with Crippen LogP contribution in [0.1, 0.15) is 26.7 Å². The summed E-state index contributed by atoms with van der Waals surface area (Å²) >= 11 is 0. The van der Waals surface area contributed by atoms with Gasteiger partial charge in [-0.15, -0.1) is 0 Å². The van der Waals surface area contributed by atoms with E-state index in [-0.39, 0.29) is 24.0 Å². The summed E-state index contributed by atoms with van der Waals surface area (Å²) in [6.45, 7) is 5.96. The number of benzene rings is 1. The Morgan fingerprint density at radius 3 is 2.52 bits per heavy atom. The Kier molecular flexibility index (Phi) is 6.78. The number of rotatable bonds is 6. The van der Waals surface area contributed by atoms with Crippen LogP contribution in [0.3, 0.4) is 0 Å². The average Bonchev–Trinajstić information content (AvgIpc) is 2.58. The molecule has 0 atom stereocenters. The van der Waals surface area contributed by atoms with Crippen LogP contribution in [0.2, 0.25) is 0 Å². The summed E-state index contributed by atoms with van der Waals surface area (Å²) in [4.78, 5) is 13.7. The Hall–Kier alpha value is -1.67. The van der Waals surface area contributed by atoms with Crippen LogP contribution in [0.15, 0.2) is 29.2 Å². The van der Waals surface area contributed by atoms with E-state index in [9.17, 15) is 17.6 Å². The van der Waals surface area contributed by atoms with Gasteiger partial charge in [-0.05, 0) is 37.0 Å². The van der Waals surface area contributed by atoms with Crippen LogP contribution in [-0.2, 0) is 10.0 Å². The number of hydrogen-bond acceptors (Lipinski definition) is 3. The van der Waals surface area contributed by atoms with Crippen molar-refractivity contribution < 1.29 is 17.6 Å². The van der Waals surface area contributed by atoms with Crippen molar-refractivity contribution in [2.75, 3.05) is 32.7 Å². The van der Waals surface area contributed by atoms with Crippen LogP contribution < -0.4 is 5.32 Å². The number of piperazine rings is 1. The van der Waals surface area contributed by atoms with Crippen LogP contribution in [0, 0.1) is 11.7 Å². The first kappa shape index (κ1) is 19.7. The fourth-order valence-electron chi connectivity index (χ4n) is 2.73. The number of carbonyl (C=O) groups excluding carboxylic acids is 1. The van der Waals surface area contributed by atoms with E-state index < -0.39 is 15.8 Å². The SMILES string of the molecule is CC(C)CCCNC(=O)N1CCN(S(=O)(=O)c2cccc(F)c2)CC1. The van der Waals surface area contributed by atoms with Gasteiger partial charge in [0, 0.05) is 32.7 Å². The van der Waals surface area contributed by atoms with Gasteiger partial charge < -0.3 is 10.2 Å². The second-order valence-corrected chi connectivity index (χ2v) is 8.55. The number of nitrogens with one attached hydrogen (secondary N) is 1. The molecule has 2 rings (SSSR count). The highest BCUT2D eigenvalue weighted by Crippen LogP contribution is 2.18. The molecular formula is C17H26FN3O3S. The molecule has 6 nitrogen and oxygen atoms in total. The molecule has 0 saturated carbocycles. The van der Waals surface area contributed by atoms with Crippen molar-refractivity contribution >= 4 is 16.1 Å². The Balaban J connectivity index is 1.85. The highest BCUT2D eigenvalue weighted by molar-refractivity contribution is 7.89. The van der Waals surface area contributed by atoms with Crippen molar-refractivity contribution in [3.8, 4) is 0 Å². The molecule has 0 unspecified atom stereocenters. The molecule has 25 heavy (non-hydrogen) atoms. The quantitative estimate of drug-likeness (QED) is 0.780. The number of amides is 2. The zero-order chi connectivity index (χ0) is 18.4. The van der Waals surface area contributed by atoms with Crippen LogP contribution >= 0.6 is 0 Å². The van der Waals surface area contributed by atoms with E-state index in [1.165, 1.54) is 22.5 Å². The van der Waals surface area contributed by atoms with Crippen LogP contribution in [0.4, 0.5) is 9.18 Å². The van der Waals surface area contributed by atoms with E-state index in [1.807, 2.05) is 0 Å². The molecule has 8 heteroatoms. The minimum absolute atomic E-state index is 0.0564. The molecule has 0 aromatic heterocycles. The van der Waals surface area contributed by atoms with Crippen molar-refractivity contribution in [3.05, 3.63) is 30.1 Å².